The maximum absolute atomic E-state index is 13.2. The molecule has 3 saturated heterocycles. The first-order chi connectivity index (χ1) is 12.1. The molecule has 0 N–H and O–H groups in total. The van der Waals surface area contributed by atoms with Crippen LogP contribution in [0.5, 0.6) is 0 Å². The van der Waals surface area contributed by atoms with E-state index in [1.54, 1.807) is 22.6 Å². The van der Waals surface area contributed by atoms with E-state index in [1.807, 2.05) is 0 Å². The highest BCUT2D eigenvalue weighted by Gasteiger charge is 2.41. The molecule has 6 nitrogen and oxygen atoms in total. The summed E-state index contributed by atoms with van der Waals surface area (Å²) in [5.41, 5.74) is 0.169. The van der Waals surface area contributed by atoms with Gasteiger partial charge in [0.05, 0.1) is 6.61 Å². The average Bonchev–Trinajstić information content (AvgIpc) is 3.06. The Bertz CT molecular complexity index is 710. The third-order valence-corrected chi connectivity index (χ3v) is 7.75. The van der Waals surface area contributed by atoms with Crippen molar-refractivity contribution in [2.45, 2.75) is 43.4 Å². The highest BCUT2D eigenvalue weighted by molar-refractivity contribution is 7.89. The van der Waals surface area contributed by atoms with E-state index in [1.165, 1.54) is 0 Å². The number of sulfonamides is 1. The zero-order valence-corrected chi connectivity index (χ0v) is 15.5. The van der Waals surface area contributed by atoms with Crippen molar-refractivity contribution in [2.24, 2.45) is 5.41 Å². The molecule has 1 atom stereocenters. The van der Waals surface area contributed by atoms with E-state index in [4.69, 9.17) is 4.74 Å². The minimum absolute atomic E-state index is 0.169. The molecule has 0 bridgehead atoms. The number of aromatic nitrogens is 1. The summed E-state index contributed by atoms with van der Waals surface area (Å²) in [5.74, 6) is 0.621. The van der Waals surface area contributed by atoms with Crippen molar-refractivity contribution in [3.05, 3.63) is 18.3 Å². The molecule has 0 aliphatic carbocycles. The molecule has 0 radical (unpaired) electrons. The fraction of sp³-hybridized carbons (Fsp3) is 0.722. The van der Waals surface area contributed by atoms with E-state index in [9.17, 15) is 8.42 Å². The molecule has 0 unspecified atom stereocenters. The largest absolute Gasteiger partial charge is 0.381 e. The molecule has 1 spiro atoms. The lowest BCUT2D eigenvalue weighted by atomic mass is 9.82. The van der Waals surface area contributed by atoms with Gasteiger partial charge in [0, 0.05) is 44.4 Å². The second-order valence-electron chi connectivity index (χ2n) is 7.62. The van der Waals surface area contributed by atoms with Gasteiger partial charge in [-0.25, -0.2) is 13.4 Å². The van der Waals surface area contributed by atoms with Gasteiger partial charge in [0.2, 0.25) is 10.0 Å². The van der Waals surface area contributed by atoms with Crippen LogP contribution in [0.25, 0.3) is 0 Å². The molecule has 4 rings (SSSR count). The molecule has 0 aromatic carbocycles. The number of rotatable bonds is 3. The van der Waals surface area contributed by atoms with E-state index in [0.29, 0.717) is 23.8 Å². The minimum Gasteiger partial charge on any atom is -0.381 e. The highest BCUT2D eigenvalue weighted by atomic mass is 32.2. The normalized spacial score (nSPS) is 28.6. The number of piperidine rings is 1. The van der Waals surface area contributed by atoms with Crippen LogP contribution in [-0.4, -0.2) is 57.1 Å². The third-order valence-electron chi connectivity index (χ3n) is 5.83. The molecule has 1 aromatic rings. The molecule has 138 valence electrons. The number of pyridine rings is 1. The standard InChI is InChI=1S/C18H27N3O3S/c22-25(23,21-10-2-1-3-11-21)16-6-4-9-19-17(16)20-12-8-18(14-20)7-5-13-24-15-18/h4,6,9H,1-3,5,7-8,10-15H2/t18-/m0/s1. The van der Waals surface area contributed by atoms with Crippen molar-refractivity contribution in [1.82, 2.24) is 9.29 Å². The Labute approximate surface area is 150 Å². The molecule has 7 heteroatoms. The van der Waals surface area contributed by atoms with Crippen molar-refractivity contribution in [3.8, 4) is 0 Å². The van der Waals surface area contributed by atoms with Crippen LogP contribution in [-0.2, 0) is 14.8 Å². The van der Waals surface area contributed by atoms with Crippen LogP contribution in [0.3, 0.4) is 0 Å². The van der Waals surface area contributed by atoms with Crippen molar-refractivity contribution < 1.29 is 13.2 Å². The first-order valence-electron chi connectivity index (χ1n) is 9.39. The van der Waals surface area contributed by atoms with Gasteiger partial charge >= 0.3 is 0 Å². The summed E-state index contributed by atoms with van der Waals surface area (Å²) in [4.78, 5) is 7.00. The highest BCUT2D eigenvalue weighted by Crippen LogP contribution is 2.41. The van der Waals surface area contributed by atoms with Gasteiger partial charge in [-0.1, -0.05) is 6.42 Å². The molecule has 3 aliphatic heterocycles. The number of ether oxygens (including phenoxy) is 1. The lowest BCUT2D eigenvalue weighted by Gasteiger charge is -2.33. The van der Waals surface area contributed by atoms with Crippen LogP contribution in [0.2, 0.25) is 0 Å². The Morgan fingerprint density at radius 2 is 1.92 bits per heavy atom. The van der Waals surface area contributed by atoms with Crippen molar-refractivity contribution in [3.63, 3.8) is 0 Å². The summed E-state index contributed by atoms with van der Waals surface area (Å²) in [6.07, 6.45) is 8.00. The lowest BCUT2D eigenvalue weighted by Crippen LogP contribution is -2.38. The monoisotopic (exact) mass is 365 g/mol. The molecule has 1 aromatic heterocycles. The summed E-state index contributed by atoms with van der Waals surface area (Å²) in [7, 11) is -3.47. The molecule has 0 saturated carbocycles. The zero-order valence-electron chi connectivity index (χ0n) is 14.7. The van der Waals surface area contributed by atoms with Gasteiger partial charge in [-0.15, -0.1) is 0 Å². The van der Waals surface area contributed by atoms with E-state index >= 15 is 0 Å². The Morgan fingerprint density at radius 1 is 1.08 bits per heavy atom. The van der Waals surface area contributed by atoms with Gasteiger partial charge in [0.1, 0.15) is 10.7 Å². The van der Waals surface area contributed by atoms with E-state index in [0.717, 1.165) is 64.8 Å². The molecule has 0 amide bonds. The Morgan fingerprint density at radius 3 is 2.68 bits per heavy atom. The smallest absolute Gasteiger partial charge is 0.246 e. The summed E-state index contributed by atoms with van der Waals surface area (Å²) >= 11 is 0. The predicted molar refractivity (Wildman–Crippen MR) is 96.2 cm³/mol. The maximum atomic E-state index is 13.2. The Balaban J connectivity index is 1.61. The molecule has 3 fully saturated rings. The van der Waals surface area contributed by atoms with Gasteiger partial charge in [-0.2, -0.15) is 4.31 Å². The zero-order chi connectivity index (χ0) is 17.3. The van der Waals surface area contributed by atoms with Gasteiger partial charge in [-0.3, -0.25) is 0 Å². The molecule has 3 aliphatic rings. The quantitative estimate of drug-likeness (QED) is 0.822. The number of nitrogens with zero attached hydrogens (tertiary/aromatic N) is 3. The van der Waals surface area contributed by atoms with Crippen LogP contribution < -0.4 is 4.90 Å². The van der Waals surface area contributed by atoms with Gasteiger partial charge in [0.15, 0.2) is 0 Å². The van der Waals surface area contributed by atoms with Gasteiger partial charge in [0.25, 0.3) is 0 Å². The van der Waals surface area contributed by atoms with Crippen LogP contribution in [0.1, 0.15) is 38.5 Å². The molecule has 4 heterocycles. The first-order valence-corrected chi connectivity index (χ1v) is 10.8. The predicted octanol–water partition coefficient (Wildman–Crippen LogP) is 2.26. The van der Waals surface area contributed by atoms with E-state index < -0.39 is 10.0 Å². The van der Waals surface area contributed by atoms with Crippen LogP contribution in [0, 0.1) is 5.41 Å². The first kappa shape index (κ1) is 17.2. The lowest BCUT2D eigenvalue weighted by molar-refractivity contribution is 0.00435. The second kappa shape index (κ2) is 6.85. The number of anilines is 1. The van der Waals surface area contributed by atoms with E-state index in [2.05, 4.69) is 9.88 Å². The van der Waals surface area contributed by atoms with Crippen LogP contribution >= 0.6 is 0 Å². The third kappa shape index (κ3) is 3.29. The molecule has 25 heavy (non-hydrogen) atoms. The molecular formula is C18H27N3O3S. The maximum Gasteiger partial charge on any atom is 0.246 e. The summed E-state index contributed by atoms with van der Waals surface area (Å²) < 4.78 is 33.7. The van der Waals surface area contributed by atoms with Crippen LogP contribution in [0.4, 0.5) is 5.82 Å². The fourth-order valence-electron chi connectivity index (χ4n) is 4.41. The van der Waals surface area contributed by atoms with E-state index in [-0.39, 0.29) is 5.41 Å². The van der Waals surface area contributed by atoms with Crippen molar-refractivity contribution >= 4 is 15.8 Å². The van der Waals surface area contributed by atoms with Gasteiger partial charge < -0.3 is 9.64 Å². The summed E-state index contributed by atoms with van der Waals surface area (Å²) in [5, 5.41) is 0. The van der Waals surface area contributed by atoms with Crippen LogP contribution in [0.15, 0.2) is 23.2 Å². The van der Waals surface area contributed by atoms with Crippen molar-refractivity contribution in [1.29, 1.82) is 0 Å². The molecular weight excluding hydrogens is 338 g/mol. The van der Waals surface area contributed by atoms with Gasteiger partial charge in [-0.05, 0) is 44.2 Å². The van der Waals surface area contributed by atoms with Crippen molar-refractivity contribution in [2.75, 3.05) is 44.3 Å². The number of hydrogen-bond acceptors (Lipinski definition) is 5. The minimum atomic E-state index is -3.47. The Kier molecular flexibility index (Phi) is 4.73. The Hall–Kier alpha value is -1.18. The topological polar surface area (TPSA) is 62.7 Å². The summed E-state index contributed by atoms with van der Waals surface area (Å²) in [6, 6.07) is 3.45. The fourth-order valence-corrected chi connectivity index (χ4v) is 6.09. The average molecular weight is 365 g/mol. The number of hydrogen-bond donors (Lipinski definition) is 0. The SMILES string of the molecule is O=S(=O)(c1cccnc1N1CC[C@@]2(CCCOC2)C1)N1CCCCC1. The second-order valence-corrected chi connectivity index (χ2v) is 9.52. The summed E-state index contributed by atoms with van der Waals surface area (Å²) in [6.45, 7) is 4.56.